The largest absolute Gasteiger partial charge is 0.301 e. The highest BCUT2D eigenvalue weighted by Gasteiger charge is 2.17. The highest BCUT2D eigenvalue weighted by molar-refractivity contribution is 7.80. The zero-order chi connectivity index (χ0) is 9.30. The molecule has 1 rings (SSSR count). The molecule has 0 bridgehead atoms. The van der Waals surface area contributed by atoms with Crippen molar-refractivity contribution >= 4 is 29.9 Å². The summed E-state index contributed by atoms with van der Waals surface area (Å²) in [6, 6.07) is 3.19. The molecule has 0 saturated heterocycles. The first-order valence-electron chi connectivity index (χ1n) is 3.16. The molecule has 0 spiro atoms. The number of thiol groups is 1. The Bertz CT molecular complexity index is 340. The maximum atomic E-state index is 10.5. The molecule has 0 saturated carbocycles. The number of benzene rings is 1. The lowest BCUT2D eigenvalue weighted by Crippen LogP contribution is -1.92. The first kappa shape index (κ1) is 9.35. The number of nitro benzene ring substituents is 1. The van der Waals surface area contributed by atoms with E-state index in [4.69, 9.17) is 11.6 Å². The van der Waals surface area contributed by atoms with Gasteiger partial charge in [-0.15, -0.1) is 12.6 Å². The highest BCUT2D eigenvalue weighted by atomic mass is 35.5. The van der Waals surface area contributed by atoms with Crippen LogP contribution < -0.4 is 0 Å². The van der Waals surface area contributed by atoms with Gasteiger partial charge >= 0.3 is 5.69 Å². The fourth-order valence-corrected chi connectivity index (χ4v) is 1.40. The maximum absolute atomic E-state index is 10.5. The van der Waals surface area contributed by atoms with E-state index in [2.05, 4.69) is 12.6 Å². The number of rotatable bonds is 1. The smallest absolute Gasteiger partial charge is 0.258 e. The maximum Gasteiger partial charge on any atom is 0.301 e. The van der Waals surface area contributed by atoms with E-state index in [1.54, 1.807) is 13.0 Å². The summed E-state index contributed by atoms with van der Waals surface area (Å²) in [4.78, 5) is 10.3. The zero-order valence-corrected chi connectivity index (χ0v) is 7.89. The molecule has 0 heterocycles. The standard InChI is InChI=1S/C7H6ClNO2S/c1-4-2-3-5(8)6(7(4)12)9(10)11/h2-3,12H,1H3. The molecule has 1 aromatic rings. The van der Waals surface area contributed by atoms with Crippen LogP contribution in [0.5, 0.6) is 0 Å². The van der Waals surface area contributed by atoms with Crippen molar-refractivity contribution in [2.45, 2.75) is 11.8 Å². The van der Waals surface area contributed by atoms with Crippen LogP contribution in [-0.2, 0) is 0 Å². The molecule has 64 valence electrons. The Morgan fingerprint density at radius 3 is 2.58 bits per heavy atom. The van der Waals surface area contributed by atoms with Gasteiger partial charge in [0.25, 0.3) is 0 Å². The van der Waals surface area contributed by atoms with E-state index in [0.29, 0.717) is 4.90 Å². The summed E-state index contributed by atoms with van der Waals surface area (Å²) in [5.74, 6) is 0. The summed E-state index contributed by atoms with van der Waals surface area (Å²) in [6.07, 6.45) is 0. The lowest BCUT2D eigenvalue weighted by Gasteiger charge is -2.00. The van der Waals surface area contributed by atoms with Gasteiger partial charge in [0.15, 0.2) is 0 Å². The fourth-order valence-electron chi connectivity index (χ4n) is 0.830. The molecule has 5 heteroatoms. The van der Waals surface area contributed by atoms with Gasteiger partial charge in [-0.05, 0) is 18.6 Å². The van der Waals surface area contributed by atoms with Gasteiger partial charge in [0.05, 0.1) is 9.82 Å². The van der Waals surface area contributed by atoms with Gasteiger partial charge in [0, 0.05) is 0 Å². The van der Waals surface area contributed by atoms with Crippen LogP contribution in [0.15, 0.2) is 17.0 Å². The van der Waals surface area contributed by atoms with Crippen molar-refractivity contribution in [3.8, 4) is 0 Å². The summed E-state index contributed by atoms with van der Waals surface area (Å²) in [5.41, 5.74) is 0.620. The molecule has 0 atom stereocenters. The monoisotopic (exact) mass is 203 g/mol. The molecule has 0 aliphatic carbocycles. The van der Waals surface area contributed by atoms with Crippen molar-refractivity contribution in [2.75, 3.05) is 0 Å². The Labute approximate surface area is 79.9 Å². The van der Waals surface area contributed by atoms with Crippen LogP contribution in [0.3, 0.4) is 0 Å². The summed E-state index contributed by atoms with van der Waals surface area (Å²) < 4.78 is 0. The Hall–Kier alpha value is -0.740. The van der Waals surface area contributed by atoms with Crippen molar-refractivity contribution in [3.63, 3.8) is 0 Å². The second-order valence-corrected chi connectivity index (χ2v) is 3.17. The van der Waals surface area contributed by atoms with E-state index in [9.17, 15) is 10.1 Å². The van der Waals surface area contributed by atoms with Crippen molar-refractivity contribution in [1.29, 1.82) is 0 Å². The third-order valence-corrected chi connectivity index (χ3v) is 2.36. The van der Waals surface area contributed by atoms with Crippen molar-refractivity contribution in [1.82, 2.24) is 0 Å². The molecule has 0 N–H and O–H groups in total. The van der Waals surface area contributed by atoms with Crippen LogP contribution in [0, 0.1) is 17.0 Å². The summed E-state index contributed by atoms with van der Waals surface area (Å²) >= 11 is 9.60. The molecular formula is C7H6ClNO2S. The average molecular weight is 204 g/mol. The summed E-state index contributed by atoms with van der Waals surface area (Å²) in [6.45, 7) is 1.74. The molecule has 0 fully saturated rings. The van der Waals surface area contributed by atoms with E-state index in [1.165, 1.54) is 6.07 Å². The lowest BCUT2D eigenvalue weighted by molar-refractivity contribution is -0.387. The molecule has 0 aliphatic rings. The number of aryl methyl sites for hydroxylation is 1. The Morgan fingerprint density at radius 2 is 2.17 bits per heavy atom. The van der Waals surface area contributed by atoms with Crippen LogP contribution in [0.1, 0.15) is 5.56 Å². The van der Waals surface area contributed by atoms with Crippen molar-refractivity contribution in [2.24, 2.45) is 0 Å². The minimum Gasteiger partial charge on any atom is -0.258 e. The molecular weight excluding hydrogens is 198 g/mol. The van der Waals surface area contributed by atoms with Crippen LogP contribution in [0.4, 0.5) is 5.69 Å². The molecule has 12 heavy (non-hydrogen) atoms. The second kappa shape index (κ2) is 3.33. The topological polar surface area (TPSA) is 43.1 Å². The van der Waals surface area contributed by atoms with Gasteiger partial charge in [-0.25, -0.2) is 0 Å². The molecule has 1 aromatic carbocycles. The number of nitrogens with zero attached hydrogens (tertiary/aromatic N) is 1. The van der Waals surface area contributed by atoms with Gasteiger partial charge in [-0.3, -0.25) is 10.1 Å². The van der Waals surface area contributed by atoms with E-state index < -0.39 is 4.92 Å². The first-order valence-corrected chi connectivity index (χ1v) is 3.99. The number of nitro groups is 1. The predicted molar refractivity (Wildman–Crippen MR) is 50.1 cm³/mol. The average Bonchev–Trinajstić information content (AvgIpc) is 1.97. The zero-order valence-electron chi connectivity index (χ0n) is 6.24. The normalized spacial score (nSPS) is 9.92. The summed E-state index contributed by atoms with van der Waals surface area (Å²) in [7, 11) is 0. The fraction of sp³-hybridized carbons (Fsp3) is 0.143. The van der Waals surface area contributed by atoms with Crippen LogP contribution >= 0.6 is 24.2 Å². The van der Waals surface area contributed by atoms with E-state index in [-0.39, 0.29) is 10.7 Å². The quantitative estimate of drug-likeness (QED) is 0.433. The minimum atomic E-state index is -0.530. The molecule has 0 radical (unpaired) electrons. The Balaban J connectivity index is 3.43. The number of hydrogen-bond acceptors (Lipinski definition) is 3. The van der Waals surface area contributed by atoms with Gasteiger partial charge in [0.2, 0.25) is 0 Å². The van der Waals surface area contributed by atoms with E-state index >= 15 is 0 Å². The summed E-state index contributed by atoms with van der Waals surface area (Å²) in [5, 5.41) is 10.6. The molecule has 3 nitrogen and oxygen atoms in total. The predicted octanol–water partition coefficient (Wildman–Crippen LogP) is 2.85. The van der Waals surface area contributed by atoms with Crippen LogP contribution in [-0.4, -0.2) is 4.92 Å². The van der Waals surface area contributed by atoms with Gasteiger partial charge in [-0.2, -0.15) is 0 Å². The lowest BCUT2D eigenvalue weighted by atomic mass is 10.2. The van der Waals surface area contributed by atoms with Crippen molar-refractivity contribution < 1.29 is 4.92 Å². The molecule has 0 unspecified atom stereocenters. The Morgan fingerprint density at radius 1 is 1.58 bits per heavy atom. The molecule has 0 aliphatic heterocycles. The minimum absolute atomic E-state index is 0.121. The highest BCUT2D eigenvalue weighted by Crippen LogP contribution is 2.32. The SMILES string of the molecule is Cc1ccc(Cl)c([N+](=O)[O-])c1S. The van der Waals surface area contributed by atoms with E-state index in [0.717, 1.165) is 5.56 Å². The van der Waals surface area contributed by atoms with Gasteiger partial charge in [0.1, 0.15) is 5.02 Å². The molecule has 0 amide bonds. The molecule has 0 aromatic heterocycles. The van der Waals surface area contributed by atoms with Crippen LogP contribution in [0.25, 0.3) is 0 Å². The third-order valence-electron chi connectivity index (χ3n) is 1.49. The first-order chi connectivity index (χ1) is 5.54. The van der Waals surface area contributed by atoms with Crippen LogP contribution in [0.2, 0.25) is 5.02 Å². The van der Waals surface area contributed by atoms with Crippen molar-refractivity contribution in [3.05, 3.63) is 32.8 Å². The number of hydrogen-bond donors (Lipinski definition) is 1. The van der Waals surface area contributed by atoms with Gasteiger partial charge < -0.3 is 0 Å². The van der Waals surface area contributed by atoms with E-state index in [1.807, 2.05) is 0 Å². The third kappa shape index (κ3) is 1.54. The van der Waals surface area contributed by atoms with Gasteiger partial charge in [-0.1, -0.05) is 17.7 Å². The Kier molecular flexibility index (Phi) is 2.59. The second-order valence-electron chi connectivity index (χ2n) is 2.32. The number of halogens is 1.